The highest BCUT2D eigenvalue weighted by Gasteiger charge is 2.06. The normalized spacial score (nSPS) is 9.53. The Morgan fingerprint density at radius 1 is 1.47 bits per heavy atom. The van der Waals surface area contributed by atoms with E-state index in [9.17, 15) is 0 Å². The molecule has 1 rings (SSSR count). The molecule has 0 heterocycles. The van der Waals surface area contributed by atoms with Crippen LogP contribution in [0.15, 0.2) is 18.2 Å². The monoisotopic (exact) mass is 225 g/mol. The summed E-state index contributed by atoms with van der Waals surface area (Å²) >= 11 is 4.80. The molecule has 0 aliphatic carbocycles. The van der Waals surface area contributed by atoms with Crippen LogP contribution in [0.2, 0.25) is 0 Å². The number of nitrogens with two attached hydrogens (primary N) is 1. The Labute approximate surface area is 95.0 Å². The Kier molecular flexibility index (Phi) is 3.74. The Bertz CT molecular complexity index is 366. The summed E-state index contributed by atoms with van der Waals surface area (Å²) in [7, 11) is 5.52. The first-order valence-electron chi connectivity index (χ1n) is 4.46. The lowest BCUT2D eigenvalue weighted by Gasteiger charge is -2.18. The molecule has 0 fully saturated rings. The zero-order valence-corrected chi connectivity index (χ0v) is 9.89. The Balaban J connectivity index is 3.09. The zero-order chi connectivity index (χ0) is 11.4. The number of nitrogens with one attached hydrogen (secondary N) is 1. The van der Waals surface area contributed by atoms with Crippen molar-refractivity contribution in [1.29, 1.82) is 0 Å². The van der Waals surface area contributed by atoms with E-state index in [1.54, 1.807) is 7.11 Å². The number of benzene rings is 1. The lowest BCUT2D eigenvalue weighted by Crippen LogP contribution is -2.21. The molecule has 0 aromatic heterocycles. The van der Waals surface area contributed by atoms with Gasteiger partial charge in [0.1, 0.15) is 5.75 Å². The van der Waals surface area contributed by atoms with Gasteiger partial charge in [0, 0.05) is 20.2 Å². The molecule has 0 radical (unpaired) electrons. The molecule has 0 bridgehead atoms. The van der Waals surface area contributed by atoms with Gasteiger partial charge in [-0.15, -0.1) is 0 Å². The Morgan fingerprint density at radius 2 is 2.13 bits per heavy atom. The highest BCUT2D eigenvalue weighted by molar-refractivity contribution is 7.80. The predicted molar refractivity (Wildman–Crippen MR) is 67.7 cm³/mol. The minimum Gasteiger partial charge on any atom is -0.497 e. The van der Waals surface area contributed by atoms with Gasteiger partial charge >= 0.3 is 0 Å². The fraction of sp³-hybridized carbons (Fsp3) is 0.300. The first-order chi connectivity index (χ1) is 7.04. The summed E-state index contributed by atoms with van der Waals surface area (Å²) in [4.78, 5) is 1.96. The molecular weight excluding hydrogens is 210 g/mol. The van der Waals surface area contributed by atoms with Crippen molar-refractivity contribution in [3.05, 3.63) is 18.2 Å². The van der Waals surface area contributed by atoms with Crippen molar-refractivity contribution in [2.45, 2.75) is 0 Å². The smallest absolute Gasteiger partial charge is 0.168 e. The van der Waals surface area contributed by atoms with Crippen LogP contribution in [0.4, 0.5) is 11.4 Å². The molecule has 0 saturated heterocycles. The number of hydrogen-bond donors (Lipinski definition) is 2. The molecule has 0 aliphatic rings. The maximum absolute atomic E-state index is 5.43. The third-order valence-electron chi connectivity index (χ3n) is 1.94. The number of thiocarbonyl (C=S) groups is 1. The average molecular weight is 225 g/mol. The standard InChI is InChI=1S/C10H15N3OS/c1-13(2)9-6-7(14-3)4-5-8(9)12-10(11)15/h4-6H,1-3H3,(H3,11,12,15). The Hall–Kier alpha value is -1.49. The largest absolute Gasteiger partial charge is 0.497 e. The maximum Gasteiger partial charge on any atom is 0.168 e. The summed E-state index contributed by atoms with van der Waals surface area (Å²) in [6, 6.07) is 5.65. The van der Waals surface area contributed by atoms with Gasteiger partial charge in [-0.25, -0.2) is 0 Å². The molecule has 1 aromatic carbocycles. The molecule has 0 amide bonds. The van der Waals surface area contributed by atoms with Crippen LogP contribution < -0.4 is 20.7 Å². The molecule has 3 N–H and O–H groups in total. The van der Waals surface area contributed by atoms with Crippen molar-refractivity contribution in [2.24, 2.45) is 5.73 Å². The van der Waals surface area contributed by atoms with Gasteiger partial charge in [0.25, 0.3) is 0 Å². The maximum atomic E-state index is 5.43. The molecular formula is C10H15N3OS. The van der Waals surface area contributed by atoms with Gasteiger partial charge in [-0.3, -0.25) is 0 Å². The lowest BCUT2D eigenvalue weighted by atomic mass is 10.2. The van der Waals surface area contributed by atoms with Gasteiger partial charge in [-0.2, -0.15) is 0 Å². The van der Waals surface area contributed by atoms with Crippen molar-refractivity contribution in [1.82, 2.24) is 0 Å². The van der Waals surface area contributed by atoms with E-state index < -0.39 is 0 Å². The van der Waals surface area contributed by atoms with Crippen LogP contribution in [0.25, 0.3) is 0 Å². The summed E-state index contributed by atoms with van der Waals surface area (Å²) in [5.74, 6) is 0.798. The number of nitrogens with zero attached hydrogens (tertiary/aromatic N) is 1. The molecule has 15 heavy (non-hydrogen) atoms. The highest BCUT2D eigenvalue weighted by Crippen LogP contribution is 2.28. The predicted octanol–water partition coefficient (Wildman–Crippen LogP) is 1.42. The molecule has 82 valence electrons. The number of methoxy groups -OCH3 is 1. The fourth-order valence-corrected chi connectivity index (χ4v) is 1.36. The van der Waals surface area contributed by atoms with Crippen molar-refractivity contribution < 1.29 is 4.74 Å². The summed E-state index contributed by atoms with van der Waals surface area (Å²) < 4.78 is 5.15. The topological polar surface area (TPSA) is 50.5 Å². The van der Waals surface area contributed by atoms with Crippen LogP contribution in [-0.2, 0) is 0 Å². The number of hydrogen-bond acceptors (Lipinski definition) is 3. The van der Waals surface area contributed by atoms with Crippen molar-refractivity contribution in [3.63, 3.8) is 0 Å². The van der Waals surface area contributed by atoms with Gasteiger partial charge in [0.15, 0.2) is 5.11 Å². The molecule has 0 aliphatic heterocycles. The highest BCUT2D eigenvalue weighted by atomic mass is 32.1. The lowest BCUT2D eigenvalue weighted by molar-refractivity contribution is 0.415. The summed E-state index contributed by atoms with van der Waals surface area (Å²) in [5.41, 5.74) is 7.28. The molecule has 4 nitrogen and oxygen atoms in total. The van der Waals surface area contributed by atoms with Gasteiger partial charge in [-0.05, 0) is 24.4 Å². The van der Waals surface area contributed by atoms with Crippen LogP contribution in [-0.4, -0.2) is 26.3 Å². The van der Waals surface area contributed by atoms with Gasteiger partial charge in [-0.1, -0.05) is 0 Å². The number of anilines is 2. The summed E-state index contributed by atoms with van der Waals surface area (Å²) in [5, 5.41) is 3.17. The Morgan fingerprint density at radius 3 is 2.60 bits per heavy atom. The molecule has 0 spiro atoms. The minimum absolute atomic E-state index is 0.253. The zero-order valence-electron chi connectivity index (χ0n) is 9.07. The second-order valence-corrected chi connectivity index (χ2v) is 3.71. The van der Waals surface area contributed by atoms with Crippen molar-refractivity contribution in [3.8, 4) is 5.75 Å². The third-order valence-corrected chi connectivity index (χ3v) is 2.05. The van der Waals surface area contributed by atoms with Crippen molar-refractivity contribution >= 4 is 28.7 Å². The fourth-order valence-electron chi connectivity index (χ4n) is 1.25. The van der Waals surface area contributed by atoms with Crippen LogP contribution >= 0.6 is 12.2 Å². The molecule has 0 atom stereocenters. The SMILES string of the molecule is COc1ccc(NC(N)=S)c(N(C)C)c1. The first-order valence-corrected chi connectivity index (χ1v) is 4.87. The van der Waals surface area contributed by atoms with Crippen LogP contribution in [0, 0.1) is 0 Å². The van der Waals surface area contributed by atoms with E-state index in [-0.39, 0.29) is 5.11 Å². The second kappa shape index (κ2) is 4.84. The molecule has 0 unspecified atom stereocenters. The van der Waals surface area contributed by atoms with Crippen LogP contribution in [0.1, 0.15) is 0 Å². The van der Waals surface area contributed by atoms with E-state index in [2.05, 4.69) is 5.32 Å². The second-order valence-electron chi connectivity index (χ2n) is 3.27. The van der Waals surface area contributed by atoms with E-state index in [4.69, 9.17) is 22.7 Å². The van der Waals surface area contributed by atoms with E-state index in [0.717, 1.165) is 17.1 Å². The number of ether oxygens (including phenoxy) is 1. The molecule has 5 heteroatoms. The van der Waals surface area contributed by atoms with Gasteiger partial charge < -0.3 is 20.7 Å². The van der Waals surface area contributed by atoms with E-state index >= 15 is 0 Å². The van der Waals surface area contributed by atoms with Crippen molar-refractivity contribution in [2.75, 3.05) is 31.4 Å². The van der Waals surface area contributed by atoms with E-state index in [0.29, 0.717) is 0 Å². The van der Waals surface area contributed by atoms with Crippen LogP contribution in [0.5, 0.6) is 5.75 Å². The van der Waals surface area contributed by atoms with E-state index in [1.165, 1.54) is 0 Å². The molecule has 1 aromatic rings. The van der Waals surface area contributed by atoms with Crippen LogP contribution in [0.3, 0.4) is 0 Å². The molecule has 0 saturated carbocycles. The third kappa shape index (κ3) is 2.99. The summed E-state index contributed by atoms with van der Waals surface area (Å²) in [6.45, 7) is 0. The van der Waals surface area contributed by atoms with Gasteiger partial charge in [0.2, 0.25) is 0 Å². The number of rotatable bonds is 3. The average Bonchev–Trinajstić information content (AvgIpc) is 2.17. The van der Waals surface area contributed by atoms with E-state index in [1.807, 2.05) is 37.2 Å². The minimum atomic E-state index is 0.253. The van der Waals surface area contributed by atoms with Gasteiger partial charge in [0.05, 0.1) is 18.5 Å². The first kappa shape index (κ1) is 11.6. The quantitative estimate of drug-likeness (QED) is 0.762. The summed E-state index contributed by atoms with van der Waals surface area (Å²) in [6.07, 6.45) is 0.